The van der Waals surface area contributed by atoms with E-state index in [-0.39, 0.29) is 23.5 Å². The number of non-ortho nitro benzene ring substituents is 1. The molecular weight excluding hydrogens is 334 g/mol. The lowest BCUT2D eigenvalue weighted by molar-refractivity contribution is -0.383. The first-order chi connectivity index (χ1) is 12.6. The molecule has 1 atom stereocenters. The van der Waals surface area contributed by atoms with E-state index < -0.39 is 4.92 Å². The van der Waals surface area contributed by atoms with Crippen LogP contribution in [0.2, 0.25) is 0 Å². The van der Waals surface area contributed by atoms with Crippen molar-refractivity contribution in [2.24, 2.45) is 5.92 Å². The van der Waals surface area contributed by atoms with Crippen LogP contribution in [0.15, 0.2) is 30.3 Å². The molecule has 6 rings (SSSR count). The number of piperidine rings is 3. The minimum atomic E-state index is -0.475. The van der Waals surface area contributed by atoms with Gasteiger partial charge in [-0.2, -0.15) is 0 Å². The normalized spacial score (nSPS) is 27.2. The number of hydrogen-bond acceptors (Lipinski definition) is 5. The van der Waals surface area contributed by atoms with E-state index in [4.69, 9.17) is 0 Å². The van der Waals surface area contributed by atoms with Crippen LogP contribution in [0.1, 0.15) is 33.6 Å². The van der Waals surface area contributed by atoms with Gasteiger partial charge in [-0.15, -0.1) is 0 Å². The zero-order chi connectivity index (χ0) is 18.0. The third-order valence-electron chi connectivity index (χ3n) is 6.07. The van der Waals surface area contributed by atoms with E-state index in [1.807, 2.05) is 0 Å². The van der Waals surface area contributed by atoms with Gasteiger partial charge in [0.2, 0.25) is 0 Å². The Labute approximate surface area is 149 Å². The number of nitro groups is 1. The highest BCUT2D eigenvalue weighted by molar-refractivity contribution is 6.26. The Hall–Kier alpha value is -2.80. The summed E-state index contributed by atoms with van der Waals surface area (Å²) in [4.78, 5) is 40.9. The predicted octanol–water partition coefficient (Wildman–Crippen LogP) is 2.44. The summed E-state index contributed by atoms with van der Waals surface area (Å²) < 4.78 is 0. The summed E-state index contributed by atoms with van der Waals surface area (Å²) in [5.74, 6) is -0.314. The summed E-state index contributed by atoms with van der Waals surface area (Å²) >= 11 is 0. The molecule has 26 heavy (non-hydrogen) atoms. The van der Waals surface area contributed by atoms with Gasteiger partial charge in [0.1, 0.15) is 0 Å². The van der Waals surface area contributed by atoms with Crippen molar-refractivity contribution >= 4 is 28.3 Å². The molecule has 2 aromatic carbocycles. The van der Waals surface area contributed by atoms with Gasteiger partial charge >= 0.3 is 0 Å². The SMILES string of the molecule is O=C1c2cccc3c([N+](=O)[O-])ccc(c23)C(=O)N1[C@H]1CN2CCC1CC2. The summed E-state index contributed by atoms with van der Waals surface area (Å²) in [6, 6.07) is 7.66. The topological polar surface area (TPSA) is 83.8 Å². The third kappa shape index (κ3) is 1.97. The van der Waals surface area contributed by atoms with Gasteiger partial charge in [0.25, 0.3) is 17.5 Å². The Balaban J connectivity index is 1.68. The third-order valence-corrected chi connectivity index (χ3v) is 6.07. The van der Waals surface area contributed by atoms with E-state index in [9.17, 15) is 19.7 Å². The molecule has 4 aliphatic rings. The molecule has 7 nitrogen and oxygen atoms in total. The molecule has 3 saturated heterocycles. The van der Waals surface area contributed by atoms with Crippen LogP contribution in [0.25, 0.3) is 10.8 Å². The van der Waals surface area contributed by atoms with Crippen molar-refractivity contribution in [3.63, 3.8) is 0 Å². The lowest BCUT2D eigenvalue weighted by Crippen LogP contribution is -2.60. The van der Waals surface area contributed by atoms with Crippen LogP contribution >= 0.6 is 0 Å². The van der Waals surface area contributed by atoms with E-state index in [0.29, 0.717) is 27.8 Å². The number of nitro benzene ring substituents is 1. The van der Waals surface area contributed by atoms with Gasteiger partial charge in [0.05, 0.1) is 16.4 Å². The molecule has 7 heteroatoms. The molecule has 2 amide bonds. The standard InChI is InChI=1S/C19H17N3O4/c23-18-13-3-1-2-12-15(22(25)26)5-4-14(17(12)13)19(24)21(18)16-10-20-8-6-11(16)7-9-20/h1-5,11,16H,6-10H2/t16-/m0/s1. The van der Waals surface area contributed by atoms with Crippen LogP contribution in [-0.4, -0.2) is 52.2 Å². The van der Waals surface area contributed by atoms with E-state index >= 15 is 0 Å². The summed E-state index contributed by atoms with van der Waals surface area (Å²) in [7, 11) is 0. The molecule has 0 saturated carbocycles. The number of amides is 2. The Kier molecular flexibility index (Phi) is 3.18. The predicted molar refractivity (Wildman–Crippen MR) is 94.1 cm³/mol. The van der Waals surface area contributed by atoms with Gasteiger partial charge in [0.15, 0.2) is 0 Å². The maximum Gasteiger partial charge on any atom is 0.277 e. The minimum Gasteiger partial charge on any atom is -0.301 e. The largest absolute Gasteiger partial charge is 0.301 e. The molecule has 0 spiro atoms. The first kappa shape index (κ1) is 15.5. The second-order valence-electron chi connectivity index (χ2n) is 7.30. The van der Waals surface area contributed by atoms with E-state index in [1.165, 1.54) is 17.0 Å². The van der Waals surface area contributed by atoms with Crippen LogP contribution in [0.3, 0.4) is 0 Å². The second kappa shape index (κ2) is 5.35. The maximum atomic E-state index is 13.2. The van der Waals surface area contributed by atoms with E-state index in [0.717, 1.165) is 32.5 Å². The second-order valence-corrected chi connectivity index (χ2v) is 7.30. The molecule has 4 aliphatic heterocycles. The molecule has 0 aliphatic carbocycles. The molecule has 3 fully saturated rings. The van der Waals surface area contributed by atoms with Crippen molar-refractivity contribution in [2.75, 3.05) is 19.6 Å². The van der Waals surface area contributed by atoms with Crippen molar-refractivity contribution in [2.45, 2.75) is 18.9 Å². The van der Waals surface area contributed by atoms with Gasteiger partial charge in [-0.25, -0.2) is 0 Å². The molecule has 2 aromatic rings. The van der Waals surface area contributed by atoms with Crippen molar-refractivity contribution in [3.05, 3.63) is 51.6 Å². The average Bonchev–Trinajstić information content (AvgIpc) is 2.66. The number of carbonyl (C=O) groups is 2. The fourth-order valence-corrected chi connectivity index (χ4v) is 4.79. The molecule has 0 unspecified atom stereocenters. The van der Waals surface area contributed by atoms with Gasteiger partial charge in [-0.3, -0.25) is 24.6 Å². The molecule has 2 bridgehead atoms. The maximum absolute atomic E-state index is 13.2. The molecule has 132 valence electrons. The summed E-state index contributed by atoms with van der Waals surface area (Å²) in [5, 5.41) is 12.1. The summed E-state index contributed by atoms with van der Waals surface area (Å²) in [6.07, 6.45) is 2.00. The number of imide groups is 1. The first-order valence-electron chi connectivity index (χ1n) is 8.86. The van der Waals surface area contributed by atoms with Crippen molar-refractivity contribution in [1.29, 1.82) is 0 Å². The van der Waals surface area contributed by atoms with Crippen LogP contribution in [0, 0.1) is 16.0 Å². The molecule has 0 aromatic heterocycles. The summed E-state index contributed by atoms with van der Waals surface area (Å²) in [5.41, 5.74) is 0.692. The Morgan fingerprint density at radius 1 is 1.00 bits per heavy atom. The quantitative estimate of drug-likeness (QED) is 0.471. The number of hydrogen-bond donors (Lipinski definition) is 0. The number of rotatable bonds is 2. The smallest absolute Gasteiger partial charge is 0.277 e. The first-order valence-corrected chi connectivity index (χ1v) is 8.86. The molecule has 4 heterocycles. The zero-order valence-electron chi connectivity index (χ0n) is 14.1. The van der Waals surface area contributed by atoms with Crippen LogP contribution < -0.4 is 0 Å². The van der Waals surface area contributed by atoms with Crippen LogP contribution in [0.4, 0.5) is 5.69 Å². The zero-order valence-corrected chi connectivity index (χ0v) is 14.1. The highest BCUT2D eigenvalue weighted by Gasteiger charge is 2.45. The lowest BCUT2D eigenvalue weighted by atomic mass is 9.81. The minimum absolute atomic E-state index is 0.0810. The molecule has 0 radical (unpaired) electrons. The van der Waals surface area contributed by atoms with Crippen molar-refractivity contribution < 1.29 is 14.5 Å². The fourth-order valence-electron chi connectivity index (χ4n) is 4.79. The Morgan fingerprint density at radius 3 is 2.31 bits per heavy atom. The van der Waals surface area contributed by atoms with Gasteiger partial charge < -0.3 is 4.90 Å². The number of benzene rings is 2. The van der Waals surface area contributed by atoms with Crippen LogP contribution in [0.5, 0.6) is 0 Å². The summed E-state index contributed by atoms with van der Waals surface area (Å²) in [6.45, 7) is 2.77. The highest BCUT2D eigenvalue weighted by atomic mass is 16.6. The average molecular weight is 351 g/mol. The Morgan fingerprint density at radius 2 is 1.69 bits per heavy atom. The monoisotopic (exact) mass is 351 g/mol. The molecule has 0 N–H and O–H groups in total. The lowest BCUT2D eigenvalue weighted by Gasteiger charge is -2.48. The Bertz CT molecular complexity index is 956. The fraction of sp³-hybridized carbons (Fsp3) is 0.368. The van der Waals surface area contributed by atoms with E-state index in [1.54, 1.807) is 18.2 Å². The van der Waals surface area contributed by atoms with Gasteiger partial charge in [-0.1, -0.05) is 6.07 Å². The highest BCUT2D eigenvalue weighted by Crippen LogP contribution is 2.39. The number of fused-ring (bicyclic) bond motifs is 3. The van der Waals surface area contributed by atoms with Crippen LogP contribution in [-0.2, 0) is 0 Å². The molecular formula is C19H17N3O4. The number of nitrogens with zero attached hydrogens (tertiary/aromatic N) is 3. The van der Waals surface area contributed by atoms with E-state index in [2.05, 4.69) is 4.90 Å². The number of carbonyl (C=O) groups excluding carboxylic acids is 2. The van der Waals surface area contributed by atoms with Gasteiger partial charge in [0, 0.05) is 29.1 Å². The van der Waals surface area contributed by atoms with Crippen molar-refractivity contribution in [1.82, 2.24) is 9.80 Å². The van der Waals surface area contributed by atoms with Crippen molar-refractivity contribution in [3.8, 4) is 0 Å². The van der Waals surface area contributed by atoms with Gasteiger partial charge in [-0.05, 0) is 50.0 Å².